The van der Waals surface area contributed by atoms with E-state index in [1.165, 1.54) is 0 Å². The molecule has 0 aliphatic carbocycles. The molecule has 0 aliphatic heterocycles. The van der Waals surface area contributed by atoms with Crippen LogP contribution in [0.1, 0.15) is 31.3 Å². The Kier molecular flexibility index (Phi) is 4.50. The molecule has 0 aliphatic rings. The summed E-state index contributed by atoms with van der Waals surface area (Å²) in [6.45, 7) is 5.87. The van der Waals surface area contributed by atoms with Crippen LogP contribution < -0.4 is 16.4 Å². The number of carbonyl (C=O) groups is 1. The molecule has 0 bridgehead atoms. The summed E-state index contributed by atoms with van der Waals surface area (Å²) in [5, 5.41) is 1.29. The van der Waals surface area contributed by atoms with Gasteiger partial charge < -0.3 is 16.4 Å². The number of nitrogens with two attached hydrogens (primary N) is 2. The van der Waals surface area contributed by atoms with Crippen molar-refractivity contribution in [3.63, 3.8) is 0 Å². The number of carbonyl (C=O) groups excluding carboxylic acids is 1. The number of nitrogens with zero attached hydrogens (tertiary/aromatic N) is 2. The molecule has 0 atom stereocenters. The standard InChI is InChI=1S/C20H21ClN4O/c1-20(2,3)25(14-6-4-5-12(21)9-14)19(26)18-11-16(23)15-10-13(22)7-8-17(15)24-18/h4-11H,22H2,1-3H3,(H2,23,24). The fraction of sp³-hybridized carbons (Fsp3) is 0.200. The molecule has 0 unspecified atom stereocenters. The van der Waals surface area contributed by atoms with Gasteiger partial charge in [-0.3, -0.25) is 4.79 Å². The molecule has 1 heterocycles. The van der Waals surface area contributed by atoms with E-state index in [0.717, 1.165) is 5.39 Å². The Hall–Kier alpha value is -2.79. The maximum atomic E-state index is 13.3. The lowest BCUT2D eigenvalue weighted by atomic mass is 10.0. The minimum atomic E-state index is -0.478. The SMILES string of the molecule is CC(C)(C)N(C(=O)c1cc(N)c2cc(N)ccc2n1)c1cccc(Cl)c1. The van der Waals surface area contributed by atoms with E-state index in [0.29, 0.717) is 27.6 Å². The van der Waals surface area contributed by atoms with Crippen LogP contribution in [0.15, 0.2) is 48.5 Å². The third-order valence-electron chi connectivity index (χ3n) is 4.02. The van der Waals surface area contributed by atoms with E-state index in [4.69, 9.17) is 23.1 Å². The third-order valence-corrected chi connectivity index (χ3v) is 4.26. The Morgan fingerprint density at radius 3 is 2.46 bits per heavy atom. The van der Waals surface area contributed by atoms with Gasteiger partial charge in [0.05, 0.1) is 5.52 Å². The van der Waals surface area contributed by atoms with Gasteiger partial charge in [0, 0.05) is 33.0 Å². The van der Waals surface area contributed by atoms with Gasteiger partial charge in [-0.2, -0.15) is 0 Å². The number of rotatable bonds is 2. The fourth-order valence-corrected chi connectivity index (χ4v) is 3.10. The lowest BCUT2D eigenvalue weighted by Crippen LogP contribution is -2.46. The number of pyridine rings is 1. The van der Waals surface area contributed by atoms with Crippen molar-refractivity contribution in [3.8, 4) is 0 Å². The van der Waals surface area contributed by atoms with E-state index < -0.39 is 5.54 Å². The minimum absolute atomic E-state index is 0.245. The van der Waals surface area contributed by atoms with E-state index in [1.807, 2.05) is 32.9 Å². The molecule has 0 radical (unpaired) electrons. The molecule has 3 aromatic rings. The van der Waals surface area contributed by atoms with Gasteiger partial charge in [0.1, 0.15) is 5.69 Å². The summed E-state index contributed by atoms with van der Waals surface area (Å²) in [7, 11) is 0. The molecular formula is C20H21ClN4O. The monoisotopic (exact) mass is 368 g/mol. The highest BCUT2D eigenvalue weighted by molar-refractivity contribution is 6.31. The van der Waals surface area contributed by atoms with Gasteiger partial charge in [-0.1, -0.05) is 17.7 Å². The summed E-state index contributed by atoms with van der Waals surface area (Å²) >= 11 is 6.12. The quantitative estimate of drug-likeness (QED) is 0.652. The first-order valence-corrected chi connectivity index (χ1v) is 8.60. The molecule has 134 valence electrons. The van der Waals surface area contributed by atoms with Crippen molar-refractivity contribution in [2.75, 3.05) is 16.4 Å². The van der Waals surface area contributed by atoms with Crippen molar-refractivity contribution < 1.29 is 4.79 Å². The van der Waals surface area contributed by atoms with Gasteiger partial charge >= 0.3 is 0 Å². The largest absolute Gasteiger partial charge is 0.399 e. The molecule has 6 heteroatoms. The molecule has 1 amide bonds. The first-order chi connectivity index (χ1) is 12.2. The molecule has 0 fully saturated rings. The van der Waals surface area contributed by atoms with E-state index in [-0.39, 0.29) is 11.6 Å². The predicted octanol–water partition coefficient (Wildman–Crippen LogP) is 4.50. The zero-order chi connectivity index (χ0) is 19.1. The average molecular weight is 369 g/mol. The van der Waals surface area contributed by atoms with E-state index >= 15 is 0 Å². The van der Waals surface area contributed by atoms with Gasteiger partial charge in [0.25, 0.3) is 5.91 Å². The van der Waals surface area contributed by atoms with E-state index in [1.54, 1.807) is 41.3 Å². The first kappa shape index (κ1) is 18.0. The molecular weight excluding hydrogens is 348 g/mol. The zero-order valence-electron chi connectivity index (χ0n) is 15.0. The van der Waals surface area contributed by atoms with Crippen LogP contribution in [0.5, 0.6) is 0 Å². The number of anilines is 3. The number of hydrogen-bond acceptors (Lipinski definition) is 4. The number of halogens is 1. The number of aromatic nitrogens is 1. The molecule has 4 N–H and O–H groups in total. The van der Waals surface area contributed by atoms with Gasteiger partial charge in [-0.25, -0.2) is 4.98 Å². The highest BCUT2D eigenvalue weighted by atomic mass is 35.5. The van der Waals surface area contributed by atoms with Gasteiger partial charge in [-0.05, 0) is 63.2 Å². The van der Waals surface area contributed by atoms with Crippen LogP contribution in [0.3, 0.4) is 0 Å². The van der Waals surface area contributed by atoms with Crippen LogP contribution in [0, 0.1) is 0 Å². The summed E-state index contributed by atoms with van der Waals surface area (Å²) in [6.07, 6.45) is 0. The molecule has 1 aromatic heterocycles. The van der Waals surface area contributed by atoms with Gasteiger partial charge in [0.15, 0.2) is 0 Å². The number of amides is 1. The number of benzene rings is 2. The van der Waals surface area contributed by atoms with Crippen LogP contribution in [-0.2, 0) is 0 Å². The van der Waals surface area contributed by atoms with Crippen molar-refractivity contribution in [3.05, 3.63) is 59.2 Å². The van der Waals surface area contributed by atoms with Crippen LogP contribution in [0.4, 0.5) is 17.1 Å². The summed E-state index contributed by atoms with van der Waals surface area (Å²) in [6, 6.07) is 14.0. The average Bonchev–Trinajstić information content (AvgIpc) is 2.54. The van der Waals surface area contributed by atoms with Crippen molar-refractivity contribution >= 4 is 45.5 Å². The maximum Gasteiger partial charge on any atom is 0.277 e. The normalized spacial score (nSPS) is 11.5. The van der Waals surface area contributed by atoms with Crippen molar-refractivity contribution in [2.24, 2.45) is 0 Å². The molecule has 0 saturated carbocycles. The lowest BCUT2D eigenvalue weighted by molar-refractivity contribution is 0.0961. The van der Waals surface area contributed by atoms with Crippen LogP contribution in [0.25, 0.3) is 10.9 Å². The third kappa shape index (κ3) is 3.44. The Morgan fingerprint density at radius 1 is 1.08 bits per heavy atom. The predicted molar refractivity (Wildman–Crippen MR) is 109 cm³/mol. The summed E-state index contributed by atoms with van der Waals surface area (Å²) < 4.78 is 0. The Bertz CT molecular complexity index is 995. The summed E-state index contributed by atoms with van der Waals surface area (Å²) in [4.78, 5) is 19.5. The second-order valence-electron chi connectivity index (χ2n) is 7.16. The van der Waals surface area contributed by atoms with Crippen LogP contribution in [0.2, 0.25) is 5.02 Å². The molecule has 0 spiro atoms. The Morgan fingerprint density at radius 2 is 1.81 bits per heavy atom. The first-order valence-electron chi connectivity index (χ1n) is 8.23. The lowest BCUT2D eigenvalue weighted by Gasteiger charge is -2.35. The smallest absolute Gasteiger partial charge is 0.277 e. The highest BCUT2D eigenvalue weighted by Crippen LogP contribution is 2.30. The molecule has 3 rings (SSSR count). The van der Waals surface area contributed by atoms with Crippen LogP contribution >= 0.6 is 11.6 Å². The fourth-order valence-electron chi connectivity index (χ4n) is 2.92. The second kappa shape index (κ2) is 6.50. The van der Waals surface area contributed by atoms with E-state index in [9.17, 15) is 4.79 Å². The molecule has 0 saturated heterocycles. The van der Waals surface area contributed by atoms with Crippen LogP contribution in [-0.4, -0.2) is 16.4 Å². The van der Waals surface area contributed by atoms with Crippen molar-refractivity contribution in [2.45, 2.75) is 26.3 Å². The zero-order valence-corrected chi connectivity index (χ0v) is 15.7. The van der Waals surface area contributed by atoms with E-state index in [2.05, 4.69) is 4.98 Å². The molecule has 2 aromatic carbocycles. The highest BCUT2D eigenvalue weighted by Gasteiger charge is 2.30. The topological polar surface area (TPSA) is 85.2 Å². The molecule has 5 nitrogen and oxygen atoms in total. The van der Waals surface area contributed by atoms with Gasteiger partial charge in [0.2, 0.25) is 0 Å². The summed E-state index contributed by atoms with van der Waals surface area (Å²) in [5.41, 5.74) is 14.1. The number of hydrogen-bond donors (Lipinski definition) is 2. The number of fused-ring (bicyclic) bond motifs is 1. The van der Waals surface area contributed by atoms with Crippen molar-refractivity contribution in [1.82, 2.24) is 4.98 Å². The Balaban J connectivity index is 2.13. The second-order valence-corrected chi connectivity index (χ2v) is 7.60. The number of nitrogen functional groups attached to an aromatic ring is 2. The Labute approximate surface area is 157 Å². The molecule has 26 heavy (non-hydrogen) atoms. The summed E-state index contributed by atoms with van der Waals surface area (Å²) in [5.74, 6) is -0.245. The maximum absolute atomic E-state index is 13.3. The minimum Gasteiger partial charge on any atom is -0.399 e. The van der Waals surface area contributed by atoms with Crippen molar-refractivity contribution in [1.29, 1.82) is 0 Å². The van der Waals surface area contributed by atoms with Gasteiger partial charge in [-0.15, -0.1) is 0 Å².